The normalized spacial score (nSPS) is 10.2. The summed E-state index contributed by atoms with van der Waals surface area (Å²) < 4.78 is 15.8. The van der Waals surface area contributed by atoms with Crippen LogP contribution in [0.4, 0.5) is 0 Å². The molecule has 0 heterocycles. The minimum Gasteiger partial charge on any atom is -0.493 e. The zero-order valence-corrected chi connectivity index (χ0v) is 13.7. The molecule has 0 radical (unpaired) electrons. The van der Waals surface area contributed by atoms with Crippen LogP contribution in [0, 0.1) is 11.3 Å². The quantitative estimate of drug-likeness (QED) is 0.601. The molecular weight excluding hydrogens is 306 g/mol. The first-order valence-corrected chi connectivity index (χ1v) is 7.15. The Kier molecular flexibility index (Phi) is 5.58. The van der Waals surface area contributed by atoms with Crippen molar-refractivity contribution in [1.82, 2.24) is 0 Å². The summed E-state index contributed by atoms with van der Waals surface area (Å²) in [7, 11) is 4.60. The minimum atomic E-state index is -0.159. The molecule has 0 aromatic heterocycles. The van der Waals surface area contributed by atoms with E-state index in [4.69, 9.17) is 19.5 Å². The van der Waals surface area contributed by atoms with E-state index in [-0.39, 0.29) is 5.78 Å². The fraction of sp³-hybridized carbons (Fsp3) is 0.158. The first-order valence-electron chi connectivity index (χ1n) is 7.15. The molecule has 0 amide bonds. The van der Waals surface area contributed by atoms with Gasteiger partial charge in [0, 0.05) is 5.56 Å². The third kappa shape index (κ3) is 3.73. The van der Waals surface area contributed by atoms with E-state index < -0.39 is 0 Å². The van der Waals surface area contributed by atoms with Crippen molar-refractivity contribution in [1.29, 1.82) is 5.26 Å². The van der Waals surface area contributed by atoms with E-state index >= 15 is 0 Å². The maximum absolute atomic E-state index is 12.2. The van der Waals surface area contributed by atoms with Crippen LogP contribution in [0.2, 0.25) is 0 Å². The Labute approximate surface area is 140 Å². The molecule has 2 aromatic rings. The summed E-state index contributed by atoms with van der Waals surface area (Å²) in [5.74, 6) is 1.37. The Morgan fingerprint density at radius 1 is 1.00 bits per heavy atom. The van der Waals surface area contributed by atoms with Gasteiger partial charge in [-0.3, -0.25) is 4.79 Å². The van der Waals surface area contributed by atoms with Crippen LogP contribution >= 0.6 is 0 Å². The molecule has 0 bridgehead atoms. The average Bonchev–Trinajstić information content (AvgIpc) is 2.65. The zero-order valence-electron chi connectivity index (χ0n) is 13.7. The summed E-state index contributed by atoms with van der Waals surface area (Å²) in [5.41, 5.74) is 1.77. The lowest BCUT2D eigenvalue weighted by Gasteiger charge is -2.12. The molecule has 5 heteroatoms. The number of hydrogen-bond acceptors (Lipinski definition) is 5. The van der Waals surface area contributed by atoms with Crippen molar-refractivity contribution in [2.45, 2.75) is 0 Å². The lowest BCUT2D eigenvalue weighted by Crippen LogP contribution is -1.96. The molecule has 0 atom stereocenters. The number of methoxy groups -OCH3 is 3. The zero-order chi connectivity index (χ0) is 17.5. The predicted molar refractivity (Wildman–Crippen MR) is 90.6 cm³/mol. The maximum atomic E-state index is 12.2. The van der Waals surface area contributed by atoms with Gasteiger partial charge in [-0.2, -0.15) is 5.26 Å². The third-order valence-corrected chi connectivity index (χ3v) is 3.41. The Balaban J connectivity index is 2.27. The number of benzene rings is 2. The van der Waals surface area contributed by atoms with E-state index in [1.165, 1.54) is 27.4 Å². The van der Waals surface area contributed by atoms with Crippen LogP contribution in [0.1, 0.15) is 21.5 Å². The summed E-state index contributed by atoms with van der Waals surface area (Å²) >= 11 is 0. The number of ether oxygens (including phenoxy) is 3. The molecule has 0 fully saturated rings. The highest BCUT2D eigenvalue weighted by Gasteiger charge is 2.12. The van der Waals surface area contributed by atoms with Gasteiger partial charge in [0.1, 0.15) is 0 Å². The Morgan fingerprint density at radius 3 is 2.04 bits per heavy atom. The lowest BCUT2D eigenvalue weighted by molar-refractivity contribution is 0.104. The van der Waals surface area contributed by atoms with Crippen LogP contribution in [-0.4, -0.2) is 27.1 Å². The largest absolute Gasteiger partial charge is 0.493 e. The summed E-state index contributed by atoms with van der Waals surface area (Å²) in [4.78, 5) is 12.2. The molecule has 0 aliphatic carbocycles. The molecule has 0 saturated heterocycles. The fourth-order valence-corrected chi connectivity index (χ4v) is 2.17. The van der Waals surface area contributed by atoms with E-state index in [0.717, 1.165) is 5.56 Å². The van der Waals surface area contributed by atoms with Crippen molar-refractivity contribution in [2.75, 3.05) is 21.3 Å². The van der Waals surface area contributed by atoms with Crippen LogP contribution in [0.3, 0.4) is 0 Å². The molecule has 0 aliphatic rings. The van der Waals surface area contributed by atoms with Crippen molar-refractivity contribution in [3.05, 3.63) is 59.2 Å². The fourth-order valence-electron chi connectivity index (χ4n) is 2.17. The van der Waals surface area contributed by atoms with Gasteiger partial charge in [-0.1, -0.05) is 6.08 Å². The van der Waals surface area contributed by atoms with Crippen LogP contribution in [0.15, 0.2) is 42.5 Å². The van der Waals surface area contributed by atoms with Crippen LogP contribution in [-0.2, 0) is 0 Å². The molecule has 2 aromatic carbocycles. The van der Waals surface area contributed by atoms with E-state index in [1.54, 1.807) is 42.5 Å². The van der Waals surface area contributed by atoms with Gasteiger partial charge >= 0.3 is 0 Å². The third-order valence-electron chi connectivity index (χ3n) is 3.41. The van der Waals surface area contributed by atoms with E-state index in [2.05, 4.69) is 0 Å². The van der Waals surface area contributed by atoms with Gasteiger partial charge in [0.25, 0.3) is 0 Å². The first-order chi connectivity index (χ1) is 11.6. The van der Waals surface area contributed by atoms with E-state index in [9.17, 15) is 4.79 Å². The van der Waals surface area contributed by atoms with Crippen molar-refractivity contribution in [2.24, 2.45) is 0 Å². The number of nitriles is 1. The number of nitrogens with zero attached hydrogens (tertiary/aromatic N) is 1. The second-order valence-corrected chi connectivity index (χ2v) is 4.85. The molecular formula is C19H17NO4. The lowest BCUT2D eigenvalue weighted by atomic mass is 10.1. The maximum Gasteiger partial charge on any atom is 0.203 e. The Hall–Kier alpha value is -3.26. The highest BCUT2D eigenvalue weighted by Crippen LogP contribution is 2.38. The van der Waals surface area contributed by atoms with Gasteiger partial charge in [0.2, 0.25) is 5.75 Å². The minimum absolute atomic E-state index is 0.159. The number of allylic oxidation sites excluding steroid dienone is 1. The number of carbonyl (C=O) groups excluding carboxylic acids is 1. The molecule has 5 nitrogen and oxygen atoms in total. The molecule has 0 unspecified atom stereocenters. The SMILES string of the molecule is COc1cc(C=CC(=O)c2ccc(C#N)cc2)cc(OC)c1OC. The van der Waals surface area contributed by atoms with Gasteiger partial charge in [-0.05, 0) is 48.0 Å². The summed E-state index contributed by atoms with van der Waals surface area (Å²) in [6, 6.07) is 12.0. The second-order valence-electron chi connectivity index (χ2n) is 4.85. The first kappa shape index (κ1) is 17.1. The molecule has 0 saturated carbocycles. The van der Waals surface area contributed by atoms with Crippen LogP contribution < -0.4 is 14.2 Å². The van der Waals surface area contributed by atoms with Gasteiger partial charge < -0.3 is 14.2 Å². The topological polar surface area (TPSA) is 68.6 Å². The summed E-state index contributed by atoms with van der Waals surface area (Å²) in [6.07, 6.45) is 3.13. The Morgan fingerprint density at radius 2 is 1.58 bits per heavy atom. The summed E-state index contributed by atoms with van der Waals surface area (Å²) in [6.45, 7) is 0. The number of ketones is 1. The molecule has 0 N–H and O–H groups in total. The van der Waals surface area contributed by atoms with Crippen molar-refractivity contribution < 1.29 is 19.0 Å². The highest BCUT2D eigenvalue weighted by molar-refractivity contribution is 6.06. The monoisotopic (exact) mass is 323 g/mol. The van der Waals surface area contributed by atoms with E-state index in [1.807, 2.05) is 6.07 Å². The average molecular weight is 323 g/mol. The van der Waals surface area contributed by atoms with Gasteiger partial charge in [-0.25, -0.2) is 0 Å². The van der Waals surface area contributed by atoms with Crippen LogP contribution in [0.25, 0.3) is 6.08 Å². The molecule has 0 spiro atoms. The van der Waals surface area contributed by atoms with Gasteiger partial charge in [0.05, 0.1) is 33.0 Å². The smallest absolute Gasteiger partial charge is 0.203 e. The standard InChI is InChI=1S/C19H17NO4/c1-22-17-10-14(11-18(23-2)19(17)24-3)6-9-16(21)15-7-4-13(12-20)5-8-15/h4-11H,1-3H3. The number of hydrogen-bond donors (Lipinski definition) is 0. The van der Waals surface area contributed by atoms with Gasteiger partial charge in [-0.15, -0.1) is 0 Å². The second kappa shape index (κ2) is 7.84. The van der Waals surface area contributed by atoms with Crippen molar-refractivity contribution in [3.63, 3.8) is 0 Å². The molecule has 2 rings (SSSR count). The van der Waals surface area contributed by atoms with E-state index in [0.29, 0.717) is 28.4 Å². The predicted octanol–water partition coefficient (Wildman–Crippen LogP) is 3.48. The van der Waals surface area contributed by atoms with Crippen molar-refractivity contribution in [3.8, 4) is 23.3 Å². The molecule has 122 valence electrons. The summed E-state index contributed by atoms with van der Waals surface area (Å²) in [5, 5.41) is 8.78. The molecule has 0 aliphatic heterocycles. The number of rotatable bonds is 6. The Bertz CT molecular complexity index is 776. The molecule has 24 heavy (non-hydrogen) atoms. The van der Waals surface area contributed by atoms with Gasteiger partial charge in [0.15, 0.2) is 17.3 Å². The highest BCUT2D eigenvalue weighted by atomic mass is 16.5. The number of carbonyl (C=O) groups is 1. The van der Waals surface area contributed by atoms with Crippen molar-refractivity contribution >= 4 is 11.9 Å². The van der Waals surface area contributed by atoms with Crippen LogP contribution in [0.5, 0.6) is 17.2 Å².